The van der Waals surface area contributed by atoms with Crippen molar-refractivity contribution >= 4 is 27.0 Å². The van der Waals surface area contributed by atoms with Crippen molar-refractivity contribution in [2.75, 3.05) is 25.5 Å². The lowest BCUT2D eigenvalue weighted by atomic mass is 10.2. The second kappa shape index (κ2) is 13.1. The van der Waals surface area contributed by atoms with Crippen molar-refractivity contribution in [2.24, 2.45) is 0 Å². The highest BCUT2D eigenvalue weighted by Gasteiger charge is 2.47. The number of unbranched alkanes of at least 4 members (excludes halogenated alkanes) is 3. The first-order valence-corrected chi connectivity index (χ1v) is 13.5. The molecule has 10 heteroatoms. The van der Waals surface area contributed by atoms with E-state index in [0.717, 1.165) is 31.4 Å². The van der Waals surface area contributed by atoms with Gasteiger partial charge in [0.05, 0.1) is 13.2 Å². The van der Waals surface area contributed by atoms with E-state index in [4.69, 9.17) is 9.05 Å². The Labute approximate surface area is 166 Å². The van der Waals surface area contributed by atoms with E-state index in [1.807, 2.05) is 30.0 Å². The molecule has 1 unspecified atom stereocenters. The molecule has 0 saturated carbocycles. The van der Waals surface area contributed by atoms with Gasteiger partial charge in [0.2, 0.25) is 5.52 Å². The first-order chi connectivity index (χ1) is 12.8. The molecule has 0 saturated heterocycles. The highest BCUT2D eigenvalue weighted by molar-refractivity contribution is 7.99. The SMILES string of the molecule is CCOP(=O)(OCC)C(NCCCCCCSc1ccccc1)P(=O)(O)O. The molecule has 3 N–H and O–H groups in total. The van der Waals surface area contributed by atoms with E-state index in [0.29, 0.717) is 6.54 Å². The maximum Gasteiger partial charge on any atom is 0.359 e. The maximum absolute atomic E-state index is 12.7. The summed E-state index contributed by atoms with van der Waals surface area (Å²) in [5.41, 5.74) is -1.63. The molecule has 0 radical (unpaired) electrons. The smallest absolute Gasteiger partial charge is 0.323 e. The number of hydrogen-bond acceptors (Lipinski definition) is 6. The third-order valence-electron chi connectivity index (χ3n) is 3.65. The van der Waals surface area contributed by atoms with Gasteiger partial charge in [0, 0.05) is 4.90 Å². The molecule has 0 aromatic heterocycles. The molecule has 1 aromatic carbocycles. The Morgan fingerprint density at radius 2 is 1.59 bits per heavy atom. The van der Waals surface area contributed by atoms with Gasteiger partial charge in [-0.25, -0.2) is 0 Å². The molecule has 0 spiro atoms. The van der Waals surface area contributed by atoms with Crippen molar-refractivity contribution in [3.8, 4) is 0 Å². The first kappa shape index (κ1) is 24.9. The van der Waals surface area contributed by atoms with Gasteiger partial charge in [-0.05, 0) is 51.1 Å². The summed E-state index contributed by atoms with van der Waals surface area (Å²) in [6.45, 7) is 3.65. The Balaban J connectivity index is 2.33. The summed E-state index contributed by atoms with van der Waals surface area (Å²) in [4.78, 5) is 20.4. The fourth-order valence-electron chi connectivity index (χ4n) is 2.47. The lowest BCUT2D eigenvalue weighted by molar-refractivity contribution is 0.210. The van der Waals surface area contributed by atoms with E-state index in [1.165, 1.54) is 4.90 Å². The quantitative estimate of drug-likeness (QED) is 0.206. The second-order valence-electron chi connectivity index (χ2n) is 5.87. The average molecular weight is 439 g/mol. The molecule has 0 bridgehead atoms. The molecule has 156 valence electrons. The van der Waals surface area contributed by atoms with Crippen LogP contribution in [-0.4, -0.2) is 40.8 Å². The maximum atomic E-state index is 12.7. The van der Waals surface area contributed by atoms with Gasteiger partial charge in [-0.3, -0.25) is 14.4 Å². The Bertz CT molecular complexity index is 603. The monoisotopic (exact) mass is 439 g/mol. The van der Waals surface area contributed by atoms with Crippen LogP contribution in [0.15, 0.2) is 35.2 Å². The zero-order chi connectivity index (χ0) is 20.2. The van der Waals surface area contributed by atoms with Gasteiger partial charge in [0.1, 0.15) is 0 Å². The van der Waals surface area contributed by atoms with Crippen molar-refractivity contribution in [1.82, 2.24) is 5.32 Å². The Hall–Kier alpha value is -0.170. The van der Waals surface area contributed by atoms with E-state index >= 15 is 0 Å². The molecule has 0 heterocycles. The lowest BCUT2D eigenvalue weighted by Crippen LogP contribution is -2.31. The van der Waals surface area contributed by atoms with Crippen LogP contribution in [-0.2, 0) is 18.2 Å². The van der Waals surface area contributed by atoms with Crippen molar-refractivity contribution in [2.45, 2.75) is 50.0 Å². The minimum absolute atomic E-state index is 0.0501. The van der Waals surface area contributed by atoms with Gasteiger partial charge in [-0.2, -0.15) is 0 Å². The van der Waals surface area contributed by atoms with Crippen molar-refractivity contribution in [3.05, 3.63) is 30.3 Å². The normalized spacial score (nSPS) is 13.6. The zero-order valence-electron chi connectivity index (χ0n) is 16.0. The molecule has 1 atom stereocenters. The van der Waals surface area contributed by atoms with Gasteiger partial charge >= 0.3 is 15.2 Å². The van der Waals surface area contributed by atoms with E-state index in [1.54, 1.807) is 13.8 Å². The van der Waals surface area contributed by atoms with Crippen molar-refractivity contribution < 1.29 is 28.0 Å². The Morgan fingerprint density at radius 3 is 2.15 bits per heavy atom. The third kappa shape index (κ3) is 9.73. The van der Waals surface area contributed by atoms with Crippen LogP contribution >= 0.6 is 27.0 Å². The van der Waals surface area contributed by atoms with E-state index in [2.05, 4.69) is 17.4 Å². The Morgan fingerprint density at radius 1 is 1.00 bits per heavy atom. The molecule has 0 aliphatic rings. The topological polar surface area (TPSA) is 105 Å². The second-order valence-corrected chi connectivity index (χ2v) is 11.3. The minimum Gasteiger partial charge on any atom is -0.323 e. The van der Waals surface area contributed by atoms with Gasteiger partial charge in [-0.15, -0.1) is 11.8 Å². The number of rotatable bonds is 15. The minimum atomic E-state index is -4.68. The molecule has 1 rings (SSSR count). The van der Waals surface area contributed by atoms with Crippen molar-refractivity contribution in [3.63, 3.8) is 0 Å². The van der Waals surface area contributed by atoms with Crippen LogP contribution in [0.1, 0.15) is 39.5 Å². The number of benzene rings is 1. The third-order valence-corrected chi connectivity index (χ3v) is 9.33. The number of hydrogen-bond donors (Lipinski definition) is 3. The molecule has 0 aliphatic heterocycles. The number of nitrogens with one attached hydrogen (secondary N) is 1. The lowest BCUT2D eigenvalue weighted by Gasteiger charge is -2.27. The van der Waals surface area contributed by atoms with E-state index in [-0.39, 0.29) is 13.2 Å². The van der Waals surface area contributed by atoms with Gasteiger partial charge in [0.15, 0.2) is 0 Å². The summed E-state index contributed by atoms with van der Waals surface area (Å²) >= 11 is 1.82. The van der Waals surface area contributed by atoms with Crippen LogP contribution < -0.4 is 5.32 Å². The fourth-order valence-corrected chi connectivity index (χ4v) is 7.08. The van der Waals surface area contributed by atoms with Crippen LogP contribution in [0.2, 0.25) is 0 Å². The molecular weight excluding hydrogens is 408 g/mol. The van der Waals surface area contributed by atoms with E-state index in [9.17, 15) is 18.9 Å². The molecule has 0 amide bonds. The van der Waals surface area contributed by atoms with Crippen LogP contribution in [0.5, 0.6) is 0 Å². The predicted octanol–water partition coefficient (Wildman–Crippen LogP) is 4.66. The standard InChI is InChI=1S/C17H31NO6P2S/c1-3-23-26(22,24-4-2)17(25(19,20)21)18-14-10-5-6-11-15-27-16-12-8-7-9-13-16/h7-9,12-13,17-18H,3-6,10-11,14-15H2,1-2H3,(H2,19,20,21). The summed E-state index contributed by atoms with van der Waals surface area (Å²) in [6, 6.07) is 10.2. The fraction of sp³-hybridized carbons (Fsp3) is 0.647. The molecule has 1 aromatic rings. The molecule has 0 fully saturated rings. The largest absolute Gasteiger partial charge is 0.359 e. The average Bonchev–Trinajstić information content (AvgIpc) is 2.60. The molecule has 27 heavy (non-hydrogen) atoms. The Kier molecular flexibility index (Phi) is 12.1. The van der Waals surface area contributed by atoms with Gasteiger partial charge in [-0.1, -0.05) is 31.0 Å². The summed E-state index contributed by atoms with van der Waals surface area (Å²) in [5, 5.41) is 2.71. The summed E-state index contributed by atoms with van der Waals surface area (Å²) < 4.78 is 34.6. The predicted molar refractivity (Wildman–Crippen MR) is 110 cm³/mol. The zero-order valence-corrected chi connectivity index (χ0v) is 18.6. The summed E-state index contributed by atoms with van der Waals surface area (Å²) in [5.74, 6) is 1.03. The van der Waals surface area contributed by atoms with Crippen LogP contribution in [0, 0.1) is 0 Å². The molecule has 0 aliphatic carbocycles. The highest BCUT2D eigenvalue weighted by Crippen LogP contribution is 2.64. The molecule has 7 nitrogen and oxygen atoms in total. The van der Waals surface area contributed by atoms with Crippen LogP contribution in [0.3, 0.4) is 0 Å². The van der Waals surface area contributed by atoms with Gasteiger partial charge < -0.3 is 18.8 Å². The highest BCUT2D eigenvalue weighted by atomic mass is 32.2. The first-order valence-electron chi connectivity index (χ1n) is 9.18. The van der Waals surface area contributed by atoms with Gasteiger partial charge in [0.25, 0.3) is 0 Å². The number of thioether (sulfide) groups is 1. The van der Waals surface area contributed by atoms with Crippen LogP contribution in [0.25, 0.3) is 0 Å². The van der Waals surface area contributed by atoms with Crippen molar-refractivity contribution in [1.29, 1.82) is 0 Å². The summed E-state index contributed by atoms with van der Waals surface area (Å²) in [7, 11) is -8.61. The van der Waals surface area contributed by atoms with Crippen LogP contribution in [0.4, 0.5) is 0 Å². The molecular formula is C17H31NO6P2S. The summed E-state index contributed by atoms with van der Waals surface area (Å²) in [6.07, 6.45) is 3.74. The van der Waals surface area contributed by atoms with E-state index < -0.39 is 20.7 Å².